The van der Waals surface area contributed by atoms with Crippen LogP contribution >= 0.6 is 0 Å². The van der Waals surface area contributed by atoms with E-state index in [0.717, 1.165) is 6.08 Å². The van der Waals surface area contributed by atoms with Crippen molar-refractivity contribution in [3.05, 3.63) is 55.1 Å². The standard InChI is InChI=1S/C8H10AsNO5.C6H4.C3H4O2/c1-5(11)10-8-6(9(13,14)15)3-2-4-7(8)12;1-2-5-4-6(5)3-1;1-2-3(4)5/h2-4,12H,1H3,(H,10,11)(H2,13,14,15);1-4H;2H,1H2,(H,4,5). The van der Waals surface area contributed by atoms with E-state index in [1.54, 1.807) is 0 Å². The van der Waals surface area contributed by atoms with E-state index in [0.29, 0.717) is 0 Å². The number of hydrogen-bond donors (Lipinski definition) is 5. The van der Waals surface area contributed by atoms with Crippen molar-refractivity contribution in [3.8, 4) is 16.9 Å². The zero-order valence-electron chi connectivity index (χ0n) is 13.8. The number of phenols is 1. The summed E-state index contributed by atoms with van der Waals surface area (Å²) in [6, 6.07) is 12.2. The van der Waals surface area contributed by atoms with Crippen LogP contribution in [0, 0.1) is 0 Å². The summed E-state index contributed by atoms with van der Waals surface area (Å²) < 4.78 is 28.8. The number of carbonyl (C=O) groups excluding carboxylic acids is 1. The van der Waals surface area contributed by atoms with Crippen molar-refractivity contribution >= 4 is 36.1 Å². The molecule has 9 heteroatoms. The zero-order chi connectivity index (χ0) is 19.9. The van der Waals surface area contributed by atoms with Gasteiger partial charge in [-0.05, 0) is 17.2 Å². The number of carboxylic acids is 1. The minimum absolute atomic E-state index is 0.225. The van der Waals surface area contributed by atoms with Crippen LogP contribution in [0.2, 0.25) is 0 Å². The van der Waals surface area contributed by atoms with Gasteiger partial charge in [0, 0.05) is 6.08 Å². The predicted octanol–water partition coefficient (Wildman–Crippen LogP) is 0.836. The molecule has 3 rings (SSSR count). The van der Waals surface area contributed by atoms with Gasteiger partial charge < -0.3 is 5.11 Å². The molecule has 0 aliphatic heterocycles. The number of aliphatic carboxylic acids is 1. The van der Waals surface area contributed by atoms with Gasteiger partial charge in [-0.1, -0.05) is 24.8 Å². The average Bonchev–Trinajstić information content (AvgIpc) is 3.14. The third-order valence-electron chi connectivity index (χ3n) is 2.92. The van der Waals surface area contributed by atoms with Gasteiger partial charge in [0.2, 0.25) is 0 Å². The molecule has 0 bridgehead atoms. The van der Waals surface area contributed by atoms with Crippen LogP contribution in [0.4, 0.5) is 5.69 Å². The van der Waals surface area contributed by atoms with Crippen molar-refractivity contribution in [3.63, 3.8) is 0 Å². The summed E-state index contributed by atoms with van der Waals surface area (Å²) in [5, 5.41) is 19.1. The molecule has 0 spiro atoms. The third kappa shape index (κ3) is 6.98. The smallest absolute Gasteiger partial charge is 0.0178 e. The molecule has 0 saturated heterocycles. The first-order chi connectivity index (χ1) is 12.1. The Morgan fingerprint density at radius 2 is 1.62 bits per heavy atom. The molecule has 0 aromatic heterocycles. The number of amides is 1. The first-order valence-electron chi connectivity index (χ1n) is 7.17. The first kappa shape index (κ1) is 21.2. The van der Waals surface area contributed by atoms with Crippen LogP contribution in [0.5, 0.6) is 5.75 Å². The largest absolute Gasteiger partial charge is 0.0610 e. The summed E-state index contributed by atoms with van der Waals surface area (Å²) in [5.41, 5.74) is 2.63. The van der Waals surface area contributed by atoms with E-state index in [2.05, 4.69) is 36.2 Å². The van der Waals surface area contributed by atoms with Crippen LogP contribution in [0.15, 0.2) is 55.1 Å². The van der Waals surface area contributed by atoms with E-state index in [1.807, 2.05) is 0 Å². The Labute approximate surface area is 152 Å². The Kier molecular flexibility index (Phi) is 7.39. The molecule has 1 aromatic rings. The van der Waals surface area contributed by atoms with Crippen molar-refractivity contribution in [2.45, 2.75) is 6.92 Å². The van der Waals surface area contributed by atoms with Gasteiger partial charge in [0.05, 0.1) is 0 Å². The first-order valence-corrected chi connectivity index (χ1v) is 10.6. The Morgan fingerprint density at radius 1 is 1.12 bits per heavy atom. The maximum atomic E-state index is 11.1. The molecule has 0 fully saturated rings. The fourth-order valence-electron chi connectivity index (χ4n) is 1.75. The van der Waals surface area contributed by atoms with E-state index in [1.165, 1.54) is 36.2 Å². The van der Waals surface area contributed by atoms with Gasteiger partial charge in [-0.15, -0.1) is 0 Å². The van der Waals surface area contributed by atoms with Gasteiger partial charge in [0.25, 0.3) is 0 Å². The maximum absolute atomic E-state index is 11.1. The van der Waals surface area contributed by atoms with Crippen molar-refractivity contribution < 1.29 is 31.7 Å². The van der Waals surface area contributed by atoms with Crippen LogP contribution < -0.4 is 9.67 Å². The number of para-hydroxylation sites is 1. The van der Waals surface area contributed by atoms with E-state index in [9.17, 15) is 18.4 Å². The Morgan fingerprint density at radius 3 is 1.92 bits per heavy atom. The summed E-state index contributed by atoms with van der Waals surface area (Å²) in [4.78, 5) is 20.0. The van der Waals surface area contributed by atoms with Gasteiger partial charge in [0.1, 0.15) is 0 Å². The molecule has 8 nitrogen and oxygen atoms in total. The Hall–Kier alpha value is -2.80. The summed E-state index contributed by atoms with van der Waals surface area (Å²) in [5.74, 6) is -1.86. The topological polar surface area (TPSA) is 144 Å². The molecular weight excluding hydrogens is 405 g/mol. The van der Waals surface area contributed by atoms with Crippen LogP contribution in [0.1, 0.15) is 6.92 Å². The SMILES string of the molecule is C=CC(=O)O.CC(=O)Nc1c(O)cccc1[As](=O)(O)O.c1cc2cc-2c1. The Bertz CT molecular complexity index is 856. The average molecular weight is 423 g/mol. The number of nitrogens with one attached hydrogen (secondary N) is 1. The second-order valence-corrected chi connectivity index (χ2v) is 8.31. The molecule has 0 radical (unpaired) electrons. The molecule has 2 aliphatic rings. The number of anilines is 1. The summed E-state index contributed by atoms with van der Waals surface area (Å²) in [6.07, 6.45) is 0.833. The van der Waals surface area contributed by atoms with E-state index in [4.69, 9.17) is 13.3 Å². The molecule has 1 amide bonds. The van der Waals surface area contributed by atoms with Crippen molar-refractivity contribution in [1.82, 2.24) is 0 Å². The molecular formula is C17H18AsNO7. The number of aromatic hydroxyl groups is 1. The molecule has 0 saturated carbocycles. The summed E-state index contributed by atoms with van der Waals surface area (Å²) in [6.45, 7) is 4.14. The molecule has 1 aromatic carbocycles. The van der Waals surface area contributed by atoms with Crippen LogP contribution in [0.25, 0.3) is 11.1 Å². The number of benzene rings is 2. The fourth-order valence-corrected chi connectivity index (χ4v) is 3.31. The number of carboxylic acid groups (broad SMARTS) is 1. The number of rotatable bonds is 3. The van der Waals surface area contributed by atoms with E-state index < -0.39 is 26.0 Å². The molecule has 5 N–H and O–H groups in total. The van der Waals surface area contributed by atoms with Gasteiger partial charge in [-0.25, -0.2) is 4.79 Å². The molecule has 138 valence electrons. The number of fused-ring (bicyclic) bond motifs is 1. The minimum atomic E-state index is -5.14. The van der Waals surface area contributed by atoms with Gasteiger partial charge in [0.15, 0.2) is 0 Å². The monoisotopic (exact) mass is 423 g/mol. The number of phenolic OH excluding ortho intramolecular Hbond substituents is 1. The molecule has 0 atom stereocenters. The Balaban J connectivity index is 0.000000248. The molecule has 0 heterocycles. The third-order valence-corrected chi connectivity index (χ3v) is 5.02. The second kappa shape index (κ2) is 9.05. The number of carbonyl (C=O) groups is 2. The quantitative estimate of drug-likeness (QED) is 0.239. The van der Waals surface area contributed by atoms with Crippen LogP contribution in [-0.4, -0.2) is 44.5 Å². The van der Waals surface area contributed by atoms with Crippen molar-refractivity contribution in [2.24, 2.45) is 0 Å². The maximum Gasteiger partial charge on any atom is -0.0178 e. The summed E-state index contributed by atoms with van der Waals surface area (Å²) in [7, 11) is 0. The molecule has 0 unspecified atom stereocenters. The van der Waals surface area contributed by atoms with Crippen molar-refractivity contribution in [2.75, 3.05) is 5.32 Å². The van der Waals surface area contributed by atoms with Gasteiger partial charge in [-0.2, -0.15) is 0 Å². The number of hydrogen-bond acceptors (Lipinski definition) is 4. The van der Waals surface area contributed by atoms with E-state index in [-0.39, 0.29) is 15.8 Å². The van der Waals surface area contributed by atoms with Crippen LogP contribution in [-0.2, 0) is 13.3 Å². The van der Waals surface area contributed by atoms with Gasteiger partial charge in [-0.3, -0.25) is 0 Å². The molecule has 26 heavy (non-hydrogen) atoms. The zero-order valence-corrected chi connectivity index (χ0v) is 15.7. The van der Waals surface area contributed by atoms with Gasteiger partial charge >= 0.3 is 94.1 Å². The normalized spacial score (nSPS) is 10.3. The fraction of sp³-hybridized carbons (Fsp3) is 0.0588. The van der Waals surface area contributed by atoms with Crippen molar-refractivity contribution in [1.29, 1.82) is 0 Å². The second-order valence-electron chi connectivity index (χ2n) is 5.02. The minimum Gasteiger partial charge on any atom is -0.0610 e. The van der Waals surface area contributed by atoms with Crippen LogP contribution in [0.3, 0.4) is 0 Å². The summed E-state index contributed by atoms with van der Waals surface area (Å²) >= 11 is -5.14. The molecule has 2 aliphatic carbocycles. The van der Waals surface area contributed by atoms with E-state index >= 15 is 0 Å². The predicted molar refractivity (Wildman–Crippen MR) is 96.2 cm³/mol.